The molecule has 7 heteroatoms. The first-order valence-corrected chi connectivity index (χ1v) is 6.75. The predicted molar refractivity (Wildman–Crippen MR) is 86.2 cm³/mol. The molecule has 0 atom stereocenters. The zero-order valence-corrected chi connectivity index (χ0v) is 12.8. The number of benzene rings is 1. The van der Waals surface area contributed by atoms with Crippen molar-refractivity contribution >= 4 is 35.6 Å². The van der Waals surface area contributed by atoms with Crippen LogP contribution in [0.4, 0.5) is 11.4 Å². The lowest BCUT2D eigenvalue weighted by atomic mass is 10.1. The van der Waals surface area contributed by atoms with Crippen LogP contribution in [0.3, 0.4) is 0 Å². The Labute approximate surface area is 130 Å². The summed E-state index contributed by atoms with van der Waals surface area (Å²) in [5.41, 5.74) is 7.28. The molecule has 0 radical (unpaired) electrons. The third-order valence-electron chi connectivity index (χ3n) is 3.34. The van der Waals surface area contributed by atoms with Gasteiger partial charge in [0.15, 0.2) is 0 Å². The van der Waals surface area contributed by atoms with Gasteiger partial charge in [0.25, 0.3) is 0 Å². The normalized spacial score (nSPS) is 13.7. The number of carbonyl (C=O) groups is 2. The van der Waals surface area contributed by atoms with Crippen LogP contribution < -0.4 is 21.3 Å². The topological polar surface area (TPSA) is 87.5 Å². The predicted octanol–water partition coefficient (Wildman–Crippen LogP) is 0.965. The highest BCUT2D eigenvalue weighted by molar-refractivity contribution is 5.99. The Balaban J connectivity index is 0.00000220. The number of carbonyl (C=O) groups excluding carboxylic acids is 2. The standard InChI is InChI=1S/C14H20N4O2.ClH/c1-16-9-13(19)17-11-8-10(14(15)20)4-5-12(11)18-6-2-3-7-18;/h4-5,8,16H,2-3,6-7,9H2,1H3,(H2,15,20)(H,17,19);1H. The van der Waals surface area contributed by atoms with Gasteiger partial charge in [-0.15, -0.1) is 12.4 Å². The SMILES string of the molecule is CNCC(=O)Nc1cc(C(N)=O)ccc1N1CCCC1.Cl. The second-order valence-electron chi connectivity index (χ2n) is 4.87. The van der Waals surface area contributed by atoms with Crippen molar-refractivity contribution < 1.29 is 9.59 Å². The van der Waals surface area contributed by atoms with E-state index in [0.717, 1.165) is 31.6 Å². The molecule has 21 heavy (non-hydrogen) atoms. The van der Waals surface area contributed by atoms with Gasteiger partial charge in [-0.25, -0.2) is 0 Å². The van der Waals surface area contributed by atoms with Crippen LogP contribution >= 0.6 is 12.4 Å². The van der Waals surface area contributed by atoms with Crippen molar-refractivity contribution in [3.63, 3.8) is 0 Å². The number of nitrogens with one attached hydrogen (secondary N) is 2. The summed E-state index contributed by atoms with van der Waals surface area (Å²) in [5, 5.41) is 5.63. The number of amides is 2. The molecule has 0 unspecified atom stereocenters. The zero-order valence-electron chi connectivity index (χ0n) is 12.0. The molecular weight excluding hydrogens is 292 g/mol. The maximum atomic E-state index is 11.8. The van der Waals surface area contributed by atoms with Gasteiger partial charge in [-0.05, 0) is 38.1 Å². The smallest absolute Gasteiger partial charge is 0.248 e. The minimum atomic E-state index is -0.498. The van der Waals surface area contributed by atoms with E-state index in [-0.39, 0.29) is 24.9 Å². The van der Waals surface area contributed by atoms with E-state index in [2.05, 4.69) is 15.5 Å². The molecule has 0 bridgehead atoms. The molecular formula is C14H21ClN4O2. The number of primary amides is 1. The Kier molecular flexibility index (Phi) is 6.45. The summed E-state index contributed by atoms with van der Waals surface area (Å²) in [5.74, 6) is -0.642. The summed E-state index contributed by atoms with van der Waals surface area (Å²) in [7, 11) is 1.71. The lowest BCUT2D eigenvalue weighted by Crippen LogP contribution is -2.27. The summed E-state index contributed by atoms with van der Waals surface area (Å²) in [6, 6.07) is 5.19. The van der Waals surface area contributed by atoms with Crippen LogP contribution in [0.2, 0.25) is 0 Å². The van der Waals surface area contributed by atoms with Gasteiger partial charge in [-0.2, -0.15) is 0 Å². The molecule has 1 aliphatic rings. The van der Waals surface area contributed by atoms with Crippen LogP contribution in [0.25, 0.3) is 0 Å². The summed E-state index contributed by atoms with van der Waals surface area (Å²) in [6.07, 6.45) is 2.28. The van der Waals surface area contributed by atoms with Crippen molar-refractivity contribution in [2.45, 2.75) is 12.8 Å². The molecule has 1 aromatic rings. The molecule has 2 amide bonds. The summed E-state index contributed by atoms with van der Waals surface area (Å²) < 4.78 is 0. The van der Waals surface area contributed by atoms with Gasteiger partial charge in [-0.3, -0.25) is 9.59 Å². The maximum Gasteiger partial charge on any atom is 0.248 e. The molecule has 6 nitrogen and oxygen atoms in total. The van der Waals surface area contributed by atoms with E-state index in [4.69, 9.17) is 5.73 Å². The lowest BCUT2D eigenvalue weighted by Gasteiger charge is -2.22. The largest absolute Gasteiger partial charge is 0.370 e. The van der Waals surface area contributed by atoms with Crippen LogP contribution in [0.15, 0.2) is 18.2 Å². The van der Waals surface area contributed by atoms with Crippen molar-refractivity contribution in [3.05, 3.63) is 23.8 Å². The summed E-state index contributed by atoms with van der Waals surface area (Å²) in [4.78, 5) is 25.2. The highest BCUT2D eigenvalue weighted by atomic mass is 35.5. The lowest BCUT2D eigenvalue weighted by molar-refractivity contribution is -0.115. The van der Waals surface area contributed by atoms with Gasteiger partial charge in [0.1, 0.15) is 0 Å². The number of hydrogen-bond donors (Lipinski definition) is 3. The van der Waals surface area contributed by atoms with Crippen LogP contribution in [0.5, 0.6) is 0 Å². The number of hydrogen-bond acceptors (Lipinski definition) is 4. The Hall–Kier alpha value is -1.79. The molecule has 0 saturated carbocycles. The molecule has 0 aliphatic carbocycles. The van der Waals surface area contributed by atoms with Crippen molar-refractivity contribution in [3.8, 4) is 0 Å². The molecule has 1 aromatic carbocycles. The molecule has 2 rings (SSSR count). The number of anilines is 2. The van der Waals surface area contributed by atoms with Crippen LogP contribution in [0, 0.1) is 0 Å². The summed E-state index contributed by atoms with van der Waals surface area (Å²) >= 11 is 0. The van der Waals surface area contributed by atoms with Crippen LogP contribution in [-0.2, 0) is 4.79 Å². The van der Waals surface area contributed by atoms with Gasteiger partial charge in [-0.1, -0.05) is 0 Å². The molecule has 1 saturated heterocycles. The first-order chi connectivity index (χ1) is 9.61. The molecule has 1 heterocycles. The van der Waals surface area contributed by atoms with Gasteiger partial charge in [0.2, 0.25) is 11.8 Å². The van der Waals surface area contributed by atoms with E-state index in [9.17, 15) is 9.59 Å². The Morgan fingerprint density at radius 3 is 2.52 bits per heavy atom. The first kappa shape index (κ1) is 17.3. The number of rotatable bonds is 5. The average Bonchev–Trinajstić information content (AvgIpc) is 2.92. The zero-order chi connectivity index (χ0) is 14.5. The van der Waals surface area contributed by atoms with Gasteiger partial charge >= 0.3 is 0 Å². The fourth-order valence-electron chi connectivity index (χ4n) is 2.38. The fourth-order valence-corrected chi connectivity index (χ4v) is 2.38. The monoisotopic (exact) mass is 312 g/mol. The number of nitrogens with zero attached hydrogens (tertiary/aromatic N) is 1. The highest BCUT2D eigenvalue weighted by Gasteiger charge is 2.18. The highest BCUT2D eigenvalue weighted by Crippen LogP contribution is 2.30. The average molecular weight is 313 g/mol. The number of likely N-dealkylation sites (N-methyl/N-ethyl adjacent to an activating group) is 1. The number of halogens is 1. The van der Waals surface area contributed by atoms with Gasteiger partial charge in [0.05, 0.1) is 17.9 Å². The van der Waals surface area contributed by atoms with Crippen molar-refractivity contribution in [1.29, 1.82) is 0 Å². The maximum absolute atomic E-state index is 11.8. The quantitative estimate of drug-likeness (QED) is 0.756. The van der Waals surface area contributed by atoms with E-state index in [0.29, 0.717) is 11.3 Å². The van der Waals surface area contributed by atoms with E-state index in [1.54, 1.807) is 19.2 Å². The van der Waals surface area contributed by atoms with Crippen LogP contribution in [-0.4, -0.2) is 38.5 Å². The first-order valence-electron chi connectivity index (χ1n) is 6.75. The van der Waals surface area contributed by atoms with E-state index < -0.39 is 5.91 Å². The van der Waals surface area contributed by atoms with Crippen LogP contribution in [0.1, 0.15) is 23.2 Å². The molecule has 4 N–H and O–H groups in total. The Morgan fingerprint density at radius 1 is 1.29 bits per heavy atom. The van der Waals surface area contributed by atoms with Gasteiger partial charge in [0, 0.05) is 18.7 Å². The minimum Gasteiger partial charge on any atom is -0.370 e. The second kappa shape index (κ2) is 7.85. The third kappa shape index (κ3) is 4.34. The van der Waals surface area contributed by atoms with Crippen molar-refractivity contribution in [2.75, 3.05) is 36.9 Å². The van der Waals surface area contributed by atoms with E-state index in [1.807, 2.05) is 6.07 Å². The fraction of sp³-hybridized carbons (Fsp3) is 0.429. The van der Waals surface area contributed by atoms with Crippen molar-refractivity contribution in [2.24, 2.45) is 5.73 Å². The Morgan fingerprint density at radius 2 is 1.95 bits per heavy atom. The Bertz CT molecular complexity index is 516. The second-order valence-corrected chi connectivity index (χ2v) is 4.87. The molecule has 116 valence electrons. The van der Waals surface area contributed by atoms with Crippen molar-refractivity contribution in [1.82, 2.24) is 5.32 Å². The van der Waals surface area contributed by atoms with E-state index >= 15 is 0 Å². The minimum absolute atomic E-state index is 0. The van der Waals surface area contributed by atoms with E-state index in [1.165, 1.54) is 0 Å². The molecule has 0 aromatic heterocycles. The molecule has 0 spiro atoms. The van der Waals surface area contributed by atoms with Gasteiger partial charge < -0.3 is 21.3 Å². The number of nitrogens with two attached hydrogens (primary N) is 1. The molecule has 1 aliphatic heterocycles. The molecule has 1 fully saturated rings. The summed E-state index contributed by atoms with van der Waals surface area (Å²) in [6.45, 7) is 2.15. The third-order valence-corrected chi connectivity index (χ3v) is 3.34.